The van der Waals surface area contributed by atoms with Gasteiger partial charge < -0.3 is 9.84 Å². The van der Waals surface area contributed by atoms with Crippen molar-refractivity contribution in [2.24, 2.45) is 0 Å². The molecule has 12 heavy (non-hydrogen) atoms. The molecule has 1 heterocycles. The number of carbonyl (C=O) groups excluding carboxylic acids is 1. The fourth-order valence-electron chi connectivity index (χ4n) is 0.433. The first-order chi connectivity index (χ1) is 5.81. The van der Waals surface area contributed by atoms with Crippen molar-refractivity contribution < 1.29 is 14.6 Å². The molecule has 0 fully saturated rings. The molecule has 0 spiro atoms. The summed E-state index contributed by atoms with van der Waals surface area (Å²) >= 11 is 1.71. The number of esters is 1. The standard InChI is InChI=1S/C4H8O3.C4H4S/c1-2-7-4(6)3-5;1-2-4-5-3-1/h5H,2-3H2,1H3;1-4H. The van der Waals surface area contributed by atoms with E-state index in [1.54, 1.807) is 18.3 Å². The van der Waals surface area contributed by atoms with Gasteiger partial charge >= 0.3 is 5.97 Å². The Kier molecular flexibility index (Phi) is 7.63. The highest BCUT2D eigenvalue weighted by atomic mass is 32.1. The molecule has 1 aromatic rings. The SMILES string of the molecule is CCOC(=O)CO.c1ccsc1. The zero-order chi connectivity index (χ0) is 9.23. The first-order valence-electron chi connectivity index (χ1n) is 3.55. The molecule has 1 N–H and O–H groups in total. The molecular formula is C8H12O3S. The van der Waals surface area contributed by atoms with Gasteiger partial charge in [0.2, 0.25) is 0 Å². The summed E-state index contributed by atoms with van der Waals surface area (Å²) in [6, 6.07) is 4.04. The quantitative estimate of drug-likeness (QED) is 0.711. The number of hydrogen-bond acceptors (Lipinski definition) is 4. The zero-order valence-corrected chi connectivity index (χ0v) is 7.71. The van der Waals surface area contributed by atoms with Crippen molar-refractivity contribution in [1.29, 1.82) is 0 Å². The lowest BCUT2D eigenvalue weighted by molar-refractivity contribution is -0.146. The first-order valence-corrected chi connectivity index (χ1v) is 4.49. The van der Waals surface area contributed by atoms with Gasteiger partial charge in [-0.05, 0) is 17.7 Å². The van der Waals surface area contributed by atoms with Crippen molar-refractivity contribution in [2.45, 2.75) is 6.92 Å². The first kappa shape index (κ1) is 11.1. The molecule has 0 saturated carbocycles. The van der Waals surface area contributed by atoms with Crippen molar-refractivity contribution in [3.8, 4) is 0 Å². The van der Waals surface area contributed by atoms with Crippen LogP contribution in [0.25, 0.3) is 0 Å². The second-order valence-corrected chi connectivity index (χ2v) is 2.57. The van der Waals surface area contributed by atoms with Crippen molar-refractivity contribution in [2.75, 3.05) is 13.2 Å². The summed E-state index contributed by atoms with van der Waals surface area (Å²) in [4.78, 5) is 9.94. The maximum atomic E-state index is 9.94. The van der Waals surface area contributed by atoms with Crippen molar-refractivity contribution in [3.05, 3.63) is 22.9 Å². The van der Waals surface area contributed by atoms with Crippen LogP contribution < -0.4 is 0 Å². The fraction of sp³-hybridized carbons (Fsp3) is 0.375. The Bertz CT molecular complexity index is 167. The summed E-state index contributed by atoms with van der Waals surface area (Å²) < 4.78 is 4.30. The summed E-state index contributed by atoms with van der Waals surface area (Å²) in [6.07, 6.45) is 0. The molecule has 0 bridgehead atoms. The topological polar surface area (TPSA) is 46.5 Å². The molecule has 0 aromatic carbocycles. The molecule has 0 aliphatic carbocycles. The van der Waals surface area contributed by atoms with Gasteiger partial charge in [0.25, 0.3) is 0 Å². The third-order valence-electron chi connectivity index (χ3n) is 0.860. The van der Waals surface area contributed by atoms with Crippen LogP contribution in [0.1, 0.15) is 6.92 Å². The van der Waals surface area contributed by atoms with Crippen LogP contribution in [0.15, 0.2) is 22.9 Å². The van der Waals surface area contributed by atoms with E-state index in [-0.39, 0.29) is 0 Å². The lowest BCUT2D eigenvalue weighted by Gasteiger charge is -1.93. The Balaban J connectivity index is 0.000000211. The molecule has 0 amide bonds. The van der Waals surface area contributed by atoms with E-state index >= 15 is 0 Å². The minimum atomic E-state index is -0.567. The van der Waals surface area contributed by atoms with Gasteiger partial charge in [0, 0.05) is 0 Å². The third-order valence-corrected chi connectivity index (χ3v) is 1.49. The lowest BCUT2D eigenvalue weighted by Crippen LogP contribution is -2.07. The number of hydrogen-bond donors (Lipinski definition) is 1. The van der Waals surface area contributed by atoms with Crippen LogP contribution in [-0.2, 0) is 9.53 Å². The summed E-state index contributed by atoms with van der Waals surface area (Å²) in [5.41, 5.74) is 0. The second-order valence-electron chi connectivity index (χ2n) is 1.76. The molecule has 1 rings (SSSR count). The normalized spacial score (nSPS) is 8.17. The Labute approximate surface area is 75.6 Å². The van der Waals surface area contributed by atoms with Crippen LogP contribution in [0.3, 0.4) is 0 Å². The molecule has 3 nitrogen and oxygen atoms in total. The van der Waals surface area contributed by atoms with E-state index in [1.165, 1.54) is 0 Å². The maximum Gasteiger partial charge on any atom is 0.331 e. The van der Waals surface area contributed by atoms with Crippen LogP contribution >= 0.6 is 11.3 Å². The Morgan fingerprint density at radius 1 is 1.50 bits per heavy atom. The maximum absolute atomic E-state index is 9.94. The smallest absolute Gasteiger partial charge is 0.331 e. The van der Waals surface area contributed by atoms with Crippen molar-refractivity contribution in [3.63, 3.8) is 0 Å². The second kappa shape index (κ2) is 8.23. The van der Waals surface area contributed by atoms with Gasteiger partial charge in [0.1, 0.15) is 6.61 Å². The average Bonchev–Trinajstić information content (AvgIpc) is 2.62. The number of carbonyl (C=O) groups is 1. The molecule has 0 atom stereocenters. The number of rotatable bonds is 2. The third kappa shape index (κ3) is 7.24. The van der Waals surface area contributed by atoms with E-state index in [4.69, 9.17) is 5.11 Å². The lowest BCUT2D eigenvalue weighted by atomic mass is 10.7. The van der Waals surface area contributed by atoms with Crippen molar-refractivity contribution in [1.82, 2.24) is 0 Å². The summed E-state index contributed by atoms with van der Waals surface area (Å²) in [7, 11) is 0. The van der Waals surface area contributed by atoms with E-state index in [0.29, 0.717) is 6.61 Å². The molecule has 4 heteroatoms. The highest BCUT2D eigenvalue weighted by molar-refractivity contribution is 7.07. The average molecular weight is 188 g/mol. The van der Waals surface area contributed by atoms with Gasteiger partial charge in [0.15, 0.2) is 0 Å². The van der Waals surface area contributed by atoms with Gasteiger partial charge in [-0.3, -0.25) is 0 Å². The van der Waals surface area contributed by atoms with Crippen LogP contribution in [0.5, 0.6) is 0 Å². The van der Waals surface area contributed by atoms with Crippen LogP contribution in [0, 0.1) is 0 Å². The van der Waals surface area contributed by atoms with Crippen LogP contribution in [0.4, 0.5) is 0 Å². The summed E-state index contributed by atoms with van der Waals surface area (Å²) in [5, 5.41) is 12.1. The van der Waals surface area contributed by atoms with E-state index in [1.807, 2.05) is 22.9 Å². The number of aliphatic hydroxyl groups is 1. The Morgan fingerprint density at radius 2 is 2.08 bits per heavy atom. The van der Waals surface area contributed by atoms with Gasteiger partial charge in [-0.15, -0.1) is 0 Å². The van der Waals surface area contributed by atoms with Crippen molar-refractivity contribution >= 4 is 17.3 Å². The Hall–Kier alpha value is -0.870. The predicted octanol–water partition coefficient (Wildman–Crippen LogP) is 1.29. The van der Waals surface area contributed by atoms with Crippen LogP contribution in [0.2, 0.25) is 0 Å². The van der Waals surface area contributed by atoms with Gasteiger partial charge in [0.05, 0.1) is 6.61 Å². The molecule has 0 aliphatic heterocycles. The van der Waals surface area contributed by atoms with E-state index < -0.39 is 12.6 Å². The van der Waals surface area contributed by atoms with Gasteiger partial charge in [-0.2, -0.15) is 11.3 Å². The predicted molar refractivity (Wildman–Crippen MR) is 48.0 cm³/mol. The number of ether oxygens (including phenoxy) is 1. The minimum absolute atomic E-state index is 0.333. The molecular weight excluding hydrogens is 176 g/mol. The molecule has 1 aromatic heterocycles. The minimum Gasteiger partial charge on any atom is -0.464 e. The molecule has 0 radical (unpaired) electrons. The van der Waals surface area contributed by atoms with E-state index in [2.05, 4.69) is 4.74 Å². The zero-order valence-electron chi connectivity index (χ0n) is 6.90. The number of aliphatic hydroxyl groups excluding tert-OH is 1. The molecule has 0 unspecified atom stereocenters. The van der Waals surface area contributed by atoms with Gasteiger partial charge in [-0.25, -0.2) is 4.79 Å². The van der Waals surface area contributed by atoms with E-state index in [0.717, 1.165) is 0 Å². The molecule has 68 valence electrons. The van der Waals surface area contributed by atoms with Crippen LogP contribution in [-0.4, -0.2) is 24.3 Å². The molecule has 0 saturated heterocycles. The molecule has 0 aliphatic rings. The van der Waals surface area contributed by atoms with E-state index in [9.17, 15) is 4.79 Å². The van der Waals surface area contributed by atoms with Gasteiger partial charge in [-0.1, -0.05) is 12.1 Å². The summed E-state index contributed by atoms with van der Waals surface area (Å²) in [5.74, 6) is -0.567. The largest absolute Gasteiger partial charge is 0.464 e. The summed E-state index contributed by atoms with van der Waals surface area (Å²) in [6.45, 7) is 1.50. The highest BCUT2D eigenvalue weighted by Crippen LogP contribution is 1.91. The highest BCUT2D eigenvalue weighted by Gasteiger charge is 1.92. The number of thiophene rings is 1. The fourth-order valence-corrected chi connectivity index (χ4v) is 0.887. The Morgan fingerprint density at radius 3 is 2.25 bits per heavy atom. The monoisotopic (exact) mass is 188 g/mol.